The van der Waals surface area contributed by atoms with Crippen molar-refractivity contribution in [1.29, 1.82) is 0 Å². The summed E-state index contributed by atoms with van der Waals surface area (Å²) in [5, 5.41) is 6.86. The summed E-state index contributed by atoms with van der Waals surface area (Å²) < 4.78 is 30.0. The highest BCUT2D eigenvalue weighted by Gasteiger charge is 2.29. The van der Waals surface area contributed by atoms with Gasteiger partial charge in [-0.05, 0) is 45.4 Å². The topological polar surface area (TPSA) is 52.1 Å². The Morgan fingerprint density at radius 2 is 2.03 bits per heavy atom. The van der Waals surface area contributed by atoms with Crippen molar-refractivity contribution in [1.82, 2.24) is 15.5 Å². The number of ether oxygens (including phenoxy) is 1. The Balaban J connectivity index is 0.00000300. The van der Waals surface area contributed by atoms with E-state index in [4.69, 9.17) is 0 Å². The first-order valence-corrected chi connectivity index (χ1v) is 9.95. The van der Waals surface area contributed by atoms with Crippen LogP contribution < -0.4 is 20.3 Å². The number of hydrogen-bond donors (Lipinski definition) is 2. The number of aliphatic imine (C=N–C) groups is 1. The van der Waals surface area contributed by atoms with Gasteiger partial charge in [0.15, 0.2) is 5.96 Å². The Morgan fingerprint density at radius 3 is 2.69 bits per heavy atom. The van der Waals surface area contributed by atoms with Gasteiger partial charge in [0.1, 0.15) is 5.75 Å². The van der Waals surface area contributed by atoms with Gasteiger partial charge in [0.25, 0.3) is 0 Å². The van der Waals surface area contributed by atoms with Crippen molar-refractivity contribution in [3.63, 3.8) is 0 Å². The summed E-state index contributed by atoms with van der Waals surface area (Å²) in [6.07, 6.45) is 3.49. The highest BCUT2D eigenvalue weighted by Crippen LogP contribution is 2.31. The summed E-state index contributed by atoms with van der Waals surface area (Å²) in [5.41, 5.74) is 0.703. The molecular weight excluding hydrogens is 491 g/mol. The van der Waals surface area contributed by atoms with E-state index in [1.807, 2.05) is 12.1 Å². The maximum Gasteiger partial charge on any atom is 0.387 e. The lowest BCUT2D eigenvalue weighted by atomic mass is 10.2. The SMILES string of the molecule is CN=C(NCC(C)N(C)C1CC1)NC1CCN(c2ccccc2OC(F)F)C1.I. The number of likely N-dealkylation sites (N-methyl/N-ethyl adjacent to an activating group) is 1. The van der Waals surface area contributed by atoms with Crippen molar-refractivity contribution in [3.8, 4) is 5.75 Å². The monoisotopic (exact) mass is 523 g/mol. The Labute approximate surface area is 189 Å². The minimum Gasteiger partial charge on any atom is -0.433 e. The van der Waals surface area contributed by atoms with Crippen LogP contribution in [0.5, 0.6) is 5.75 Å². The van der Waals surface area contributed by atoms with Gasteiger partial charge in [0.05, 0.1) is 5.69 Å². The fourth-order valence-electron chi connectivity index (χ4n) is 3.63. The van der Waals surface area contributed by atoms with Gasteiger partial charge in [0, 0.05) is 44.8 Å². The molecular formula is C20H32F2IN5O. The number of benzene rings is 1. The summed E-state index contributed by atoms with van der Waals surface area (Å²) in [5.74, 6) is 0.998. The number of para-hydroxylation sites is 2. The largest absolute Gasteiger partial charge is 0.433 e. The summed E-state index contributed by atoms with van der Waals surface area (Å²) in [4.78, 5) is 8.82. The van der Waals surface area contributed by atoms with Crippen LogP contribution in [0.3, 0.4) is 0 Å². The summed E-state index contributed by atoms with van der Waals surface area (Å²) >= 11 is 0. The number of nitrogens with zero attached hydrogens (tertiary/aromatic N) is 3. The number of guanidine groups is 1. The zero-order valence-electron chi connectivity index (χ0n) is 17.3. The van der Waals surface area contributed by atoms with E-state index in [1.54, 1.807) is 19.2 Å². The maximum absolute atomic E-state index is 12.7. The molecule has 2 unspecified atom stereocenters. The highest BCUT2D eigenvalue weighted by molar-refractivity contribution is 14.0. The molecule has 3 rings (SSSR count). The predicted molar refractivity (Wildman–Crippen MR) is 124 cm³/mol. The summed E-state index contributed by atoms with van der Waals surface area (Å²) in [7, 11) is 3.94. The van der Waals surface area contributed by atoms with Gasteiger partial charge < -0.3 is 20.3 Å². The molecule has 2 fully saturated rings. The number of rotatable bonds is 8. The van der Waals surface area contributed by atoms with Crippen LogP contribution in [0.1, 0.15) is 26.2 Å². The van der Waals surface area contributed by atoms with Gasteiger partial charge in [-0.15, -0.1) is 24.0 Å². The molecule has 2 N–H and O–H groups in total. The molecule has 6 nitrogen and oxygen atoms in total. The van der Waals surface area contributed by atoms with Gasteiger partial charge >= 0.3 is 6.61 Å². The fraction of sp³-hybridized carbons (Fsp3) is 0.650. The third-order valence-corrected chi connectivity index (χ3v) is 5.56. The molecule has 1 aromatic rings. The molecule has 2 aliphatic rings. The molecule has 1 aromatic carbocycles. The molecule has 0 spiro atoms. The predicted octanol–water partition coefficient (Wildman–Crippen LogP) is 3.13. The number of anilines is 1. The van der Waals surface area contributed by atoms with Gasteiger partial charge in [-0.25, -0.2) is 0 Å². The molecule has 1 saturated carbocycles. The quantitative estimate of drug-likeness (QED) is 0.312. The van der Waals surface area contributed by atoms with Crippen LogP contribution in [-0.4, -0.2) is 69.3 Å². The van der Waals surface area contributed by atoms with Crippen molar-refractivity contribution in [2.75, 3.05) is 38.6 Å². The molecule has 1 aliphatic heterocycles. The molecule has 0 amide bonds. The minimum atomic E-state index is -2.82. The Kier molecular flexibility index (Phi) is 9.19. The van der Waals surface area contributed by atoms with Crippen LogP contribution in [-0.2, 0) is 0 Å². The fourth-order valence-corrected chi connectivity index (χ4v) is 3.63. The second kappa shape index (κ2) is 11.1. The molecule has 1 aliphatic carbocycles. The smallest absolute Gasteiger partial charge is 0.387 e. The number of hydrogen-bond acceptors (Lipinski definition) is 4. The van der Waals surface area contributed by atoms with E-state index < -0.39 is 6.61 Å². The standard InChI is InChI=1S/C20H31F2N5O.HI/c1-14(26(3)16-8-9-16)12-24-20(23-2)25-15-10-11-27(13-15)17-6-4-5-7-18(17)28-19(21)22;/h4-7,14-16,19H,8-13H2,1-3H3,(H2,23,24,25);1H. The lowest BCUT2D eigenvalue weighted by Crippen LogP contribution is -2.48. The zero-order valence-corrected chi connectivity index (χ0v) is 19.6. The Hall–Kier alpha value is -1.36. The third kappa shape index (κ3) is 6.84. The van der Waals surface area contributed by atoms with Gasteiger partial charge in [-0.1, -0.05) is 12.1 Å². The van der Waals surface area contributed by atoms with Crippen LogP contribution in [0.4, 0.5) is 14.5 Å². The molecule has 29 heavy (non-hydrogen) atoms. The Morgan fingerprint density at radius 1 is 1.31 bits per heavy atom. The highest BCUT2D eigenvalue weighted by atomic mass is 127. The summed E-state index contributed by atoms with van der Waals surface area (Å²) in [6, 6.07) is 8.31. The first-order chi connectivity index (χ1) is 13.5. The molecule has 1 saturated heterocycles. The number of halogens is 3. The summed E-state index contributed by atoms with van der Waals surface area (Å²) in [6.45, 7) is 1.71. The van der Waals surface area contributed by atoms with Crippen molar-refractivity contribution in [2.45, 2.75) is 50.9 Å². The molecule has 0 bridgehead atoms. The molecule has 164 valence electrons. The average molecular weight is 523 g/mol. The average Bonchev–Trinajstić information content (AvgIpc) is 3.43. The maximum atomic E-state index is 12.7. The van der Waals surface area contributed by atoms with Crippen molar-refractivity contribution in [3.05, 3.63) is 24.3 Å². The third-order valence-electron chi connectivity index (χ3n) is 5.56. The number of alkyl halides is 2. The first kappa shape index (κ1) is 23.9. The number of nitrogens with one attached hydrogen (secondary N) is 2. The van der Waals surface area contributed by atoms with Crippen LogP contribution >= 0.6 is 24.0 Å². The van der Waals surface area contributed by atoms with E-state index in [-0.39, 0.29) is 35.8 Å². The van der Waals surface area contributed by atoms with E-state index in [1.165, 1.54) is 12.8 Å². The molecule has 1 heterocycles. The van der Waals surface area contributed by atoms with E-state index in [9.17, 15) is 8.78 Å². The van der Waals surface area contributed by atoms with E-state index in [2.05, 4.69) is 44.1 Å². The minimum absolute atomic E-state index is 0. The lowest BCUT2D eigenvalue weighted by molar-refractivity contribution is -0.0495. The van der Waals surface area contributed by atoms with Crippen LogP contribution in [0.2, 0.25) is 0 Å². The van der Waals surface area contributed by atoms with Crippen molar-refractivity contribution in [2.24, 2.45) is 4.99 Å². The second-order valence-corrected chi connectivity index (χ2v) is 7.62. The molecule has 0 aromatic heterocycles. The first-order valence-electron chi connectivity index (χ1n) is 9.95. The van der Waals surface area contributed by atoms with Crippen LogP contribution in [0.25, 0.3) is 0 Å². The van der Waals surface area contributed by atoms with Crippen molar-refractivity contribution >= 4 is 35.6 Å². The second-order valence-electron chi connectivity index (χ2n) is 7.62. The van der Waals surface area contributed by atoms with Gasteiger partial charge in [-0.2, -0.15) is 8.78 Å². The zero-order chi connectivity index (χ0) is 20.1. The van der Waals surface area contributed by atoms with E-state index in [0.29, 0.717) is 18.3 Å². The van der Waals surface area contributed by atoms with Crippen LogP contribution in [0, 0.1) is 0 Å². The lowest BCUT2D eigenvalue weighted by Gasteiger charge is -2.26. The van der Waals surface area contributed by atoms with Crippen LogP contribution in [0.15, 0.2) is 29.3 Å². The molecule has 2 atom stereocenters. The van der Waals surface area contributed by atoms with E-state index >= 15 is 0 Å². The molecule has 9 heteroatoms. The van der Waals surface area contributed by atoms with Crippen molar-refractivity contribution < 1.29 is 13.5 Å². The normalized spacial score (nSPS) is 20.6. The van der Waals surface area contributed by atoms with Gasteiger partial charge in [0.2, 0.25) is 0 Å². The van der Waals surface area contributed by atoms with E-state index in [0.717, 1.165) is 31.5 Å². The van der Waals surface area contributed by atoms with Gasteiger partial charge in [-0.3, -0.25) is 9.89 Å². The Bertz CT molecular complexity index is 674. The molecule has 0 radical (unpaired) electrons.